The molecule has 0 aliphatic carbocycles. The number of nitrogens with zero attached hydrogens (tertiary/aromatic N) is 3. The molecule has 0 radical (unpaired) electrons. The molecule has 1 aliphatic heterocycles. The third kappa shape index (κ3) is 3.12. The monoisotopic (exact) mass is 321 g/mol. The molecule has 0 aromatic carbocycles. The van der Waals surface area contributed by atoms with Gasteiger partial charge >= 0.3 is 6.03 Å². The largest absolute Gasteiger partial charge is 0.371 e. The molecule has 2 amide bonds. The Kier molecular flexibility index (Phi) is 4.39. The Hall–Kier alpha value is -1.93. The number of nitrogens with one attached hydrogen (secondary N) is 2. The van der Waals surface area contributed by atoms with Crippen LogP contribution in [0.25, 0.3) is 0 Å². The van der Waals surface area contributed by atoms with Crippen molar-refractivity contribution >= 4 is 17.4 Å². The van der Waals surface area contributed by atoms with Crippen molar-refractivity contribution in [1.82, 2.24) is 25.4 Å². The molecule has 8 heteroatoms. The Morgan fingerprint density at radius 2 is 2.45 bits per heavy atom. The Morgan fingerprint density at radius 1 is 1.59 bits per heavy atom. The lowest BCUT2D eigenvalue weighted by molar-refractivity contribution is 0.0993. The number of hydrogen-bond donors (Lipinski definition) is 2. The van der Waals surface area contributed by atoms with E-state index in [2.05, 4.69) is 20.7 Å². The molecule has 0 spiro atoms. The maximum absolute atomic E-state index is 12.0. The van der Waals surface area contributed by atoms with E-state index in [-0.39, 0.29) is 18.2 Å². The number of aryl methyl sites for hydroxylation is 1. The number of carbonyl (C=O) groups excluding carboxylic acids is 1. The molecule has 2 atom stereocenters. The second-order valence-electron chi connectivity index (χ2n) is 5.30. The molecule has 2 aromatic rings. The van der Waals surface area contributed by atoms with Gasteiger partial charge in [-0.25, -0.2) is 9.78 Å². The summed E-state index contributed by atoms with van der Waals surface area (Å²) >= 11 is 1.51. The number of amides is 2. The Labute approximate surface area is 132 Å². The van der Waals surface area contributed by atoms with Crippen molar-refractivity contribution in [1.29, 1.82) is 0 Å². The predicted molar refractivity (Wildman–Crippen MR) is 82.5 cm³/mol. The topological polar surface area (TPSA) is 81.1 Å². The molecular weight excluding hydrogens is 302 g/mol. The molecule has 0 unspecified atom stereocenters. The summed E-state index contributed by atoms with van der Waals surface area (Å²) in [5.41, 5.74) is 4.70. The minimum absolute atomic E-state index is 0.0432. The summed E-state index contributed by atoms with van der Waals surface area (Å²) in [4.78, 5) is 16.2. The molecule has 22 heavy (non-hydrogen) atoms. The molecule has 0 saturated carbocycles. The van der Waals surface area contributed by atoms with Gasteiger partial charge in [0.05, 0.1) is 30.0 Å². The zero-order chi connectivity index (χ0) is 15.5. The average molecular weight is 321 g/mol. The van der Waals surface area contributed by atoms with Crippen LogP contribution in [0.2, 0.25) is 0 Å². The Balaban J connectivity index is 1.59. The van der Waals surface area contributed by atoms with Crippen LogP contribution < -0.4 is 10.6 Å². The zero-order valence-corrected chi connectivity index (χ0v) is 13.4. The first-order valence-corrected chi connectivity index (χ1v) is 8.11. The number of thiazole rings is 1. The predicted octanol–water partition coefficient (Wildman–Crippen LogP) is 1.51. The van der Waals surface area contributed by atoms with E-state index in [9.17, 15) is 4.79 Å². The van der Waals surface area contributed by atoms with Gasteiger partial charge in [0, 0.05) is 30.3 Å². The molecule has 2 N–H and O–H groups in total. The van der Waals surface area contributed by atoms with E-state index in [1.807, 2.05) is 30.2 Å². The van der Waals surface area contributed by atoms with Crippen molar-refractivity contribution < 1.29 is 9.53 Å². The molecule has 1 fully saturated rings. The molecule has 3 rings (SSSR count). The van der Waals surface area contributed by atoms with E-state index in [4.69, 9.17) is 4.74 Å². The van der Waals surface area contributed by atoms with Gasteiger partial charge < -0.3 is 15.4 Å². The fourth-order valence-corrected chi connectivity index (χ4v) is 3.11. The molecule has 0 bridgehead atoms. The Bertz CT molecular complexity index is 640. The van der Waals surface area contributed by atoms with Crippen molar-refractivity contribution in [2.24, 2.45) is 7.05 Å². The van der Waals surface area contributed by atoms with Crippen LogP contribution in [-0.2, 0) is 18.3 Å². The van der Waals surface area contributed by atoms with Crippen molar-refractivity contribution in [3.8, 4) is 0 Å². The van der Waals surface area contributed by atoms with Gasteiger partial charge in [0.1, 0.15) is 6.10 Å². The number of hydrogen-bond acceptors (Lipinski definition) is 5. The summed E-state index contributed by atoms with van der Waals surface area (Å²) in [6.45, 7) is 3.07. The van der Waals surface area contributed by atoms with Gasteiger partial charge in [-0.05, 0) is 13.3 Å². The minimum Gasteiger partial charge on any atom is -0.371 e. The highest BCUT2D eigenvalue weighted by Gasteiger charge is 2.33. The summed E-state index contributed by atoms with van der Waals surface area (Å²) in [7, 11) is 1.90. The molecule has 1 aliphatic rings. The first-order chi connectivity index (χ1) is 10.6. The maximum atomic E-state index is 12.0. The van der Waals surface area contributed by atoms with E-state index in [1.165, 1.54) is 11.3 Å². The minimum atomic E-state index is -0.199. The maximum Gasteiger partial charge on any atom is 0.315 e. The summed E-state index contributed by atoms with van der Waals surface area (Å²) in [6, 6.07) is -0.242. The van der Waals surface area contributed by atoms with Gasteiger partial charge in [-0.2, -0.15) is 5.10 Å². The fraction of sp³-hybridized carbons (Fsp3) is 0.500. The molecule has 3 heterocycles. The van der Waals surface area contributed by atoms with Gasteiger partial charge in [-0.15, -0.1) is 11.3 Å². The second-order valence-corrected chi connectivity index (χ2v) is 6.02. The number of carbonyl (C=O) groups is 1. The van der Waals surface area contributed by atoms with E-state index in [1.54, 1.807) is 5.51 Å². The van der Waals surface area contributed by atoms with Gasteiger partial charge in [0.25, 0.3) is 0 Å². The lowest BCUT2D eigenvalue weighted by atomic mass is 10.0. The highest BCUT2D eigenvalue weighted by molar-refractivity contribution is 7.07. The fourth-order valence-electron chi connectivity index (χ4n) is 2.55. The van der Waals surface area contributed by atoms with E-state index >= 15 is 0 Å². The third-order valence-corrected chi connectivity index (χ3v) is 4.54. The van der Waals surface area contributed by atoms with Crippen LogP contribution in [0, 0.1) is 6.92 Å². The second kappa shape index (κ2) is 6.45. The van der Waals surface area contributed by atoms with Crippen LogP contribution in [0.3, 0.4) is 0 Å². The number of urea groups is 1. The first kappa shape index (κ1) is 15.0. The average Bonchev–Trinajstić information content (AvgIpc) is 3.21. The van der Waals surface area contributed by atoms with E-state index in [0.717, 1.165) is 23.4 Å². The number of rotatable bonds is 4. The van der Waals surface area contributed by atoms with Gasteiger partial charge in [-0.3, -0.25) is 4.68 Å². The molecule has 2 aromatic heterocycles. The summed E-state index contributed by atoms with van der Waals surface area (Å²) < 4.78 is 7.61. The van der Waals surface area contributed by atoms with Crippen molar-refractivity contribution in [2.45, 2.75) is 32.0 Å². The number of ether oxygens (including phenoxy) is 1. The summed E-state index contributed by atoms with van der Waals surface area (Å²) in [5, 5.41) is 12.0. The van der Waals surface area contributed by atoms with Crippen molar-refractivity contribution in [3.63, 3.8) is 0 Å². The smallest absolute Gasteiger partial charge is 0.315 e. The summed E-state index contributed by atoms with van der Waals surface area (Å²) in [5.74, 6) is 0. The molecule has 7 nitrogen and oxygen atoms in total. The van der Waals surface area contributed by atoms with Crippen LogP contribution >= 0.6 is 11.3 Å². The van der Waals surface area contributed by atoms with Crippen molar-refractivity contribution in [2.75, 3.05) is 6.61 Å². The molecule has 1 saturated heterocycles. The highest BCUT2D eigenvalue weighted by atomic mass is 32.1. The number of aromatic nitrogens is 3. The SMILES string of the molecule is Cc1c([C@H]2OCC[C@@H]2NC(=O)NCc2cscn2)cnn1C. The highest BCUT2D eigenvalue weighted by Crippen LogP contribution is 2.30. The zero-order valence-electron chi connectivity index (χ0n) is 12.6. The molecule has 118 valence electrons. The van der Waals surface area contributed by atoms with Gasteiger partial charge in [0.15, 0.2) is 0 Å². The van der Waals surface area contributed by atoms with Gasteiger partial charge in [0.2, 0.25) is 0 Å². The van der Waals surface area contributed by atoms with Crippen LogP contribution in [0.4, 0.5) is 4.79 Å². The van der Waals surface area contributed by atoms with Crippen LogP contribution in [-0.4, -0.2) is 33.4 Å². The van der Waals surface area contributed by atoms with Gasteiger partial charge in [-0.1, -0.05) is 0 Å². The van der Waals surface area contributed by atoms with Crippen LogP contribution in [0.5, 0.6) is 0 Å². The normalized spacial score (nSPS) is 21.0. The Morgan fingerprint density at radius 3 is 3.14 bits per heavy atom. The third-order valence-electron chi connectivity index (χ3n) is 3.90. The quantitative estimate of drug-likeness (QED) is 0.894. The van der Waals surface area contributed by atoms with Crippen molar-refractivity contribution in [3.05, 3.63) is 34.0 Å². The van der Waals surface area contributed by atoms with Crippen LogP contribution in [0.1, 0.15) is 29.5 Å². The first-order valence-electron chi connectivity index (χ1n) is 7.16. The standard InChI is InChI=1S/C14H19N5O2S/c1-9-11(6-17-19(9)2)13-12(3-4-21-13)18-14(20)15-5-10-7-22-8-16-10/h6-8,12-13H,3-5H2,1-2H3,(H2,15,18,20)/t12-,13+/m0/s1. The summed E-state index contributed by atoms with van der Waals surface area (Å²) in [6.07, 6.45) is 2.47. The van der Waals surface area contributed by atoms with E-state index in [0.29, 0.717) is 13.2 Å². The molecular formula is C14H19N5O2S. The lowest BCUT2D eigenvalue weighted by Gasteiger charge is -2.20. The van der Waals surface area contributed by atoms with E-state index < -0.39 is 0 Å². The van der Waals surface area contributed by atoms with Crippen LogP contribution in [0.15, 0.2) is 17.1 Å². The lowest BCUT2D eigenvalue weighted by Crippen LogP contribution is -2.43.